The number of carbonyl (C=O) groups is 3. The smallest absolute Gasteiger partial charge is 0.299 e. The lowest BCUT2D eigenvalue weighted by Gasteiger charge is -2.24. The van der Waals surface area contributed by atoms with Crippen LogP contribution >= 0.6 is 0 Å². The Kier molecular flexibility index (Phi) is 21.9. The van der Waals surface area contributed by atoms with Gasteiger partial charge in [-0.2, -0.15) is 15.0 Å². The van der Waals surface area contributed by atoms with Gasteiger partial charge in [-0.15, -0.1) is 0 Å². The molecule has 1 unspecified atom stereocenters. The number of aromatic nitrogens is 9. The second kappa shape index (κ2) is 31.8. The molecule has 6 aromatic heterocycles. The van der Waals surface area contributed by atoms with Crippen molar-refractivity contribution in [1.29, 1.82) is 0 Å². The van der Waals surface area contributed by atoms with Crippen molar-refractivity contribution in [3.63, 3.8) is 0 Å². The minimum atomic E-state index is -0.973. The number of carbonyl (C=O) groups excluding carboxylic acids is 3. The summed E-state index contributed by atoms with van der Waals surface area (Å²) in [6.07, 6.45) is 7.78. The number of nitrogen functional groups attached to an aromatic ring is 1. The van der Waals surface area contributed by atoms with E-state index in [0.29, 0.717) is 99.4 Å². The number of benzene rings is 6. The highest BCUT2D eigenvalue weighted by atomic mass is 19.2. The van der Waals surface area contributed by atoms with E-state index >= 15 is 0 Å². The van der Waals surface area contributed by atoms with Gasteiger partial charge < -0.3 is 61.3 Å². The Hall–Kier alpha value is -14.2. The fraction of sp³-hybridized carbons (Fsp3) is 0.0959. The molecule has 0 spiro atoms. The maximum atomic E-state index is 14.2. The van der Waals surface area contributed by atoms with Gasteiger partial charge in [-0.3, -0.25) is 42.5 Å². The van der Waals surface area contributed by atoms with Crippen molar-refractivity contribution in [3.05, 3.63) is 256 Å². The number of nitrogens with two attached hydrogens (primary N) is 1. The van der Waals surface area contributed by atoms with Crippen molar-refractivity contribution in [2.75, 3.05) is 64.5 Å². The van der Waals surface area contributed by atoms with Crippen molar-refractivity contribution in [2.24, 2.45) is 7.05 Å². The van der Waals surface area contributed by atoms with E-state index in [4.69, 9.17) is 24.7 Å². The minimum absolute atomic E-state index is 0.0694. The lowest BCUT2D eigenvalue weighted by Crippen LogP contribution is -2.23. The highest BCUT2D eigenvalue weighted by molar-refractivity contribution is 6.03. The maximum absolute atomic E-state index is 14.2. The zero-order valence-corrected chi connectivity index (χ0v) is 55.8. The van der Waals surface area contributed by atoms with E-state index in [1.54, 1.807) is 61.6 Å². The monoisotopic (exact) mass is 1450 g/mol. The predicted molar refractivity (Wildman–Crippen MR) is 384 cm³/mol. The molecular formula is C73H58F6N16O11. The van der Waals surface area contributed by atoms with Crippen LogP contribution in [0.2, 0.25) is 0 Å². The number of aryl methyl sites for hydroxylation is 1. The molecule has 0 aliphatic carbocycles. The molecule has 33 heteroatoms. The summed E-state index contributed by atoms with van der Waals surface area (Å²) < 4.78 is 108. The normalized spacial score (nSPS) is 12.2. The quantitative estimate of drug-likeness (QED) is 0.0292. The first-order chi connectivity index (χ1) is 50.9. The van der Waals surface area contributed by atoms with Gasteiger partial charge in [-0.1, -0.05) is 31.9 Å². The van der Waals surface area contributed by atoms with Crippen LogP contribution in [0, 0.1) is 34.9 Å². The summed E-state index contributed by atoms with van der Waals surface area (Å²) in [5, 5.41) is 25.1. The lowest BCUT2D eigenvalue weighted by atomic mass is 10.2. The van der Waals surface area contributed by atoms with Gasteiger partial charge >= 0.3 is 0 Å². The summed E-state index contributed by atoms with van der Waals surface area (Å²) in [5.74, 6) is -7.39. The number of amides is 3. The van der Waals surface area contributed by atoms with Crippen LogP contribution in [0.5, 0.6) is 40.2 Å². The number of halogens is 6. The zero-order valence-electron chi connectivity index (χ0n) is 55.8. The largest absolute Gasteiger partial charge is 0.494 e. The number of aliphatic hydroxyl groups excluding tert-OH is 1. The van der Waals surface area contributed by atoms with E-state index in [1.807, 2.05) is 4.90 Å². The molecule has 106 heavy (non-hydrogen) atoms. The molecule has 27 nitrogen and oxygen atoms in total. The molecule has 8 N–H and O–H groups in total. The number of nitrogens with zero attached hydrogens (tertiary/aromatic N) is 10. The van der Waals surface area contributed by atoms with Crippen LogP contribution in [0.25, 0.3) is 44.5 Å². The standard InChI is InChI=1S/C28H26F2N6O5.C23H17F2N5O3.C22H15F2N5O3/c1-4-25(38)32-19-11-20(23(40-3)12-21(19)36-8-7-17(37)14-36)33-28-31-13-15-9-24(27(39)35(2)26(15)34-28)41-22-6-5-16(29)10-18(22)30;1-3-20(31)28-15-5-4-6-16(11-15)30-21-13(12-27-23(26-2)29-21)9-19(22(30)32)33-18-8-7-14(24)10-17(18)25;1-2-19(30)27-14-4-3-5-15(10-14)29-20-12(11-26-22(25)28-20)8-18(21(29)31)32-17-7-6-13(23)9-16(17)24/h4-6,9-13,17,37H,1,7-8,14H2,2-3H3,(H,32,38)(H,31,33,34);3-12H,1H2,2H3,(H,28,31)(H,26,27,29);2-11H,1H2,(H,27,30)(H2,25,26,28). The number of fused-ring (bicyclic) bond motifs is 3. The number of methoxy groups -OCH3 is 1. The third-order valence-corrected chi connectivity index (χ3v) is 15.5. The van der Waals surface area contributed by atoms with Crippen LogP contribution in [0.3, 0.4) is 0 Å². The highest BCUT2D eigenvalue weighted by Gasteiger charge is 2.26. The molecule has 1 fully saturated rings. The van der Waals surface area contributed by atoms with Gasteiger partial charge in [0, 0.05) is 97.6 Å². The van der Waals surface area contributed by atoms with Crippen molar-refractivity contribution >= 4 is 97.1 Å². The molecule has 12 aromatic rings. The average molecular weight is 1450 g/mol. The number of pyridine rings is 3. The first-order valence-corrected chi connectivity index (χ1v) is 31.4. The molecule has 0 bridgehead atoms. The number of hydrogen-bond donors (Lipinski definition) is 7. The molecular weight excluding hydrogens is 1390 g/mol. The van der Waals surface area contributed by atoms with Crippen LogP contribution in [0.15, 0.2) is 204 Å². The number of β-amino-alcohol motifs (C(OH)–C–C–N with tert-alkyl or cyclic N) is 1. The Balaban J connectivity index is 0.000000160. The van der Waals surface area contributed by atoms with Gasteiger partial charge in [0.25, 0.3) is 16.7 Å². The molecule has 0 saturated carbocycles. The highest BCUT2D eigenvalue weighted by Crippen LogP contribution is 2.40. The summed E-state index contributed by atoms with van der Waals surface area (Å²) in [5.41, 5.74) is 7.46. The number of ether oxygens (including phenoxy) is 4. The Morgan fingerprint density at radius 3 is 1.45 bits per heavy atom. The summed E-state index contributed by atoms with van der Waals surface area (Å²) in [4.78, 5) is 103. The molecule has 1 aliphatic heterocycles. The second-order valence-electron chi connectivity index (χ2n) is 22.7. The average Bonchev–Trinajstić information content (AvgIpc) is 0.846. The van der Waals surface area contributed by atoms with Gasteiger partial charge in [0.1, 0.15) is 28.8 Å². The summed E-state index contributed by atoms with van der Waals surface area (Å²) in [6.45, 7) is 11.3. The van der Waals surface area contributed by atoms with Crippen LogP contribution < -0.4 is 72.8 Å². The molecule has 538 valence electrons. The number of anilines is 8. The minimum Gasteiger partial charge on any atom is -0.494 e. The summed E-state index contributed by atoms with van der Waals surface area (Å²) in [6, 6.07) is 28.6. The Morgan fingerprint density at radius 2 is 0.991 bits per heavy atom. The summed E-state index contributed by atoms with van der Waals surface area (Å²) in [7, 11) is 4.59. The Morgan fingerprint density at radius 1 is 0.538 bits per heavy atom. The second-order valence-corrected chi connectivity index (χ2v) is 22.7. The topological polar surface area (TPSA) is 341 Å². The molecule has 1 aliphatic rings. The SMILES string of the molecule is C=CC(=O)Nc1cc(Nc2ncc3cc(Oc4ccc(F)cc4F)c(=O)n(C)c3n2)c(OC)cc1N1CCC(O)C1.C=CC(=O)Nc1cccc(-n2c(=O)c(Oc3ccc(F)cc3F)cc3cnc(N)nc32)c1.C=CC(=O)Nc1cccc(-n2c(=O)c(Oc3ccc(F)cc3F)cc3cnc(NC)nc32)c1. The molecule has 0 radical (unpaired) electrons. The fourth-order valence-corrected chi connectivity index (χ4v) is 10.6. The van der Waals surface area contributed by atoms with Crippen LogP contribution in [-0.4, -0.2) is 99.8 Å². The Bertz CT molecular complexity index is 5710. The first-order valence-electron chi connectivity index (χ1n) is 31.4. The van der Waals surface area contributed by atoms with Gasteiger partial charge in [-0.25, -0.2) is 41.3 Å². The predicted octanol–water partition coefficient (Wildman–Crippen LogP) is 11.4. The zero-order chi connectivity index (χ0) is 75.6. The summed E-state index contributed by atoms with van der Waals surface area (Å²) >= 11 is 0. The van der Waals surface area contributed by atoms with Gasteiger partial charge in [0.15, 0.2) is 63.2 Å². The van der Waals surface area contributed by atoms with Crippen molar-refractivity contribution < 1.29 is 64.8 Å². The first kappa shape index (κ1) is 73.0. The number of nitrogens with one attached hydrogen (secondary N) is 5. The van der Waals surface area contributed by atoms with Crippen molar-refractivity contribution in [3.8, 4) is 51.6 Å². The van der Waals surface area contributed by atoms with Crippen molar-refractivity contribution in [1.82, 2.24) is 43.6 Å². The Labute approximate surface area is 594 Å². The fourth-order valence-electron chi connectivity index (χ4n) is 10.6. The van der Waals surface area contributed by atoms with E-state index in [2.05, 4.69) is 76.2 Å². The van der Waals surface area contributed by atoms with Gasteiger partial charge in [0.05, 0.1) is 41.7 Å². The number of aliphatic hydroxyl groups is 1. The molecule has 1 atom stereocenters. The molecule has 13 rings (SSSR count). The number of rotatable bonds is 19. The molecule has 7 heterocycles. The third-order valence-electron chi connectivity index (χ3n) is 15.5. The molecule has 3 amide bonds. The van der Waals surface area contributed by atoms with Crippen LogP contribution in [0.4, 0.5) is 72.6 Å². The van der Waals surface area contributed by atoms with Crippen LogP contribution in [-0.2, 0) is 21.4 Å². The van der Waals surface area contributed by atoms with Gasteiger partial charge in [0.2, 0.25) is 35.6 Å². The van der Waals surface area contributed by atoms with Gasteiger partial charge in [-0.05, 0) is 122 Å². The lowest BCUT2D eigenvalue weighted by molar-refractivity contribution is -0.112. The van der Waals surface area contributed by atoms with E-state index in [-0.39, 0.29) is 69.3 Å². The molecule has 6 aromatic carbocycles. The van der Waals surface area contributed by atoms with Crippen LogP contribution in [0.1, 0.15) is 6.42 Å². The number of hydrogen-bond acceptors (Lipinski definition) is 21. The van der Waals surface area contributed by atoms with E-state index in [9.17, 15) is 60.2 Å². The third kappa shape index (κ3) is 16.5. The van der Waals surface area contributed by atoms with E-state index < -0.39 is 75.4 Å². The molecule has 1 saturated heterocycles. The van der Waals surface area contributed by atoms with E-state index in [1.165, 1.54) is 70.7 Å². The maximum Gasteiger partial charge on any atom is 0.299 e. The van der Waals surface area contributed by atoms with Crippen molar-refractivity contribution in [2.45, 2.75) is 12.5 Å². The van der Waals surface area contributed by atoms with E-state index in [0.717, 1.165) is 54.6 Å².